The number of hydrogen-bond donors (Lipinski definition) is 0. The third-order valence-corrected chi connectivity index (χ3v) is 3.32. The monoisotopic (exact) mass is 291 g/mol. The average molecular weight is 291 g/mol. The van der Waals surface area contributed by atoms with Crippen LogP contribution in [-0.2, 0) is 11.3 Å². The van der Waals surface area contributed by atoms with Crippen LogP contribution >= 0.6 is 0 Å². The lowest BCUT2D eigenvalue weighted by Crippen LogP contribution is -2.30. The number of amides is 1. The third kappa shape index (κ3) is 1.99. The number of nitrogens with zero attached hydrogens (tertiary/aromatic N) is 1. The predicted molar refractivity (Wildman–Crippen MR) is 68.3 cm³/mol. The number of carbonyl (C=O) groups is 2. The van der Waals surface area contributed by atoms with Gasteiger partial charge >= 0.3 is 0 Å². The van der Waals surface area contributed by atoms with Crippen molar-refractivity contribution in [1.82, 2.24) is 0 Å². The first-order valence-electron chi connectivity index (χ1n) is 6.08. The van der Waals surface area contributed by atoms with E-state index in [1.54, 1.807) is 0 Å². The summed E-state index contributed by atoms with van der Waals surface area (Å²) in [6, 6.07) is 6.92. The Bertz CT molecular complexity index is 753. The van der Waals surface area contributed by atoms with Crippen molar-refractivity contribution in [2.24, 2.45) is 0 Å². The Hall–Kier alpha value is -2.63. The molecular formula is C15H8F3NO2. The first kappa shape index (κ1) is 13.4. The van der Waals surface area contributed by atoms with Gasteiger partial charge in [-0.3, -0.25) is 14.5 Å². The molecule has 0 unspecified atom stereocenters. The number of hydrogen-bond acceptors (Lipinski definition) is 2. The zero-order valence-corrected chi connectivity index (χ0v) is 10.6. The minimum Gasteiger partial charge on any atom is -0.297 e. The Kier molecular flexibility index (Phi) is 3.01. The van der Waals surface area contributed by atoms with E-state index in [1.807, 2.05) is 0 Å². The number of benzene rings is 2. The van der Waals surface area contributed by atoms with Crippen LogP contribution in [0.1, 0.15) is 15.9 Å². The first-order valence-corrected chi connectivity index (χ1v) is 6.08. The van der Waals surface area contributed by atoms with Crippen molar-refractivity contribution in [1.29, 1.82) is 0 Å². The summed E-state index contributed by atoms with van der Waals surface area (Å²) in [6.45, 7) is -0.545. The molecule has 1 aliphatic rings. The Morgan fingerprint density at radius 1 is 0.857 bits per heavy atom. The number of anilines is 1. The molecule has 2 aromatic carbocycles. The van der Waals surface area contributed by atoms with E-state index in [9.17, 15) is 22.8 Å². The van der Waals surface area contributed by atoms with Crippen molar-refractivity contribution < 1.29 is 22.8 Å². The Morgan fingerprint density at radius 2 is 1.43 bits per heavy atom. The van der Waals surface area contributed by atoms with Crippen molar-refractivity contribution >= 4 is 17.4 Å². The number of ketones is 1. The van der Waals surface area contributed by atoms with Gasteiger partial charge in [-0.1, -0.05) is 12.1 Å². The summed E-state index contributed by atoms with van der Waals surface area (Å²) in [6.07, 6.45) is 0. The van der Waals surface area contributed by atoms with Crippen LogP contribution in [0.5, 0.6) is 0 Å². The Balaban J connectivity index is 2.09. The van der Waals surface area contributed by atoms with Gasteiger partial charge in [0.15, 0.2) is 0 Å². The van der Waals surface area contributed by atoms with Crippen molar-refractivity contribution in [2.45, 2.75) is 6.54 Å². The first-order chi connectivity index (χ1) is 10.0. The van der Waals surface area contributed by atoms with Crippen molar-refractivity contribution in [2.75, 3.05) is 4.90 Å². The fourth-order valence-electron chi connectivity index (χ4n) is 2.30. The van der Waals surface area contributed by atoms with Crippen molar-refractivity contribution in [3.05, 3.63) is 65.0 Å². The van der Waals surface area contributed by atoms with Crippen LogP contribution in [0.15, 0.2) is 36.4 Å². The van der Waals surface area contributed by atoms with Gasteiger partial charge in [0.05, 0.1) is 17.8 Å². The van der Waals surface area contributed by atoms with E-state index in [4.69, 9.17) is 0 Å². The average Bonchev–Trinajstić information content (AvgIpc) is 2.69. The molecule has 0 saturated carbocycles. The third-order valence-electron chi connectivity index (χ3n) is 3.32. The minimum atomic E-state index is -1.00. The molecular weight excluding hydrogens is 283 g/mol. The van der Waals surface area contributed by atoms with E-state index < -0.39 is 41.3 Å². The standard InChI is InChI=1S/C15H8F3NO2/c16-10-4-2-5-11(17)9(10)7-19-13-8(14(20)15(19)21)3-1-6-12(13)18/h1-6H,7H2. The molecule has 0 radical (unpaired) electrons. The van der Waals surface area contributed by atoms with Gasteiger partial charge in [-0.05, 0) is 24.3 Å². The summed E-state index contributed by atoms with van der Waals surface area (Å²) in [5, 5.41) is 0. The summed E-state index contributed by atoms with van der Waals surface area (Å²) >= 11 is 0. The molecule has 3 rings (SSSR count). The van der Waals surface area contributed by atoms with Gasteiger partial charge in [0.25, 0.3) is 11.7 Å². The van der Waals surface area contributed by atoms with Gasteiger partial charge in [0.1, 0.15) is 17.5 Å². The lowest BCUT2D eigenvalue weighted by molar-refractivity contribution is -0.114. The Morgan fingerprint density at radius 3 is 2.10 bits per heavy atom. The van der Waals surface area contributed by atoms with Crippen LogP contribution in [0.3, 0.4) is 0 Å². The topological polar surface area (TPSA) is 37.4 Å². The summed E-state index contributed by atoms with van der Waals surface area (Å²) in [7, 11) is 0. The fraction of sp³-hybridized carbons (Fsp3) is 0.0667. The fourth-order valence-corrected chi connectivity index (χ4v) is 2.30. The molecule has 106 valence electrons. The molecule has 0 aromatic heterocycles. The maximum Gasteiger partial charge on any atom is 0.299 e. The molecule has 0 spiro atoms. The normalized spacial score (nSPS) is 13.8. The highest BCUT2D eigenvalue weighted by molar-refractivity contribution is 6.52. The molecule has 0 fully saturated rings. The SMILES string of the molecule is O=C1C(=O)N(Cc2c(F)cccc2F)c2c(F)cccc21. The molecule has 0 bridgehead atoms. The molecule has 0 saturated heterocycles. The smallest absolute Gasteiger partial charge is 0.297 e. The second-order valence-electron chi connectivity index (χ2n) is 4.56. The van der Waals surface area contributed by atoms with Gasteiger partial charge in [-0.2, -0.15) is 0 Å². The van der Waals surface area contributed by atoms with Gasteiger partial charge in [-0.25, -0.2) is 13.2 Å². The van der Waals surface area contributed by atoms with Gasteiger partial charge in [0.2, 0.25) is 0 Å². The molecule has 1 aliphatic heterocycles. The summed E-state index contributed by atoms with van der Waals surface area (Å²) < 4.78 is 41.2. The van der Waals surface area contributed by atoms with Crippen LogP contribution in [-0.4, -0.2) is 11.7 Å². The maximum atomic E-state index is 13.9. The van der Waals surface area contributed by atoms with E-state index in [0.717, 1.165) is 23.1 Å². The molecule has 6 heteroatoms. The van der Waals surface area contributed by atoms with Gasteiger partial charge in [0, 0.05) is 5.56 Å². The lowest BCUT2D eigenvalue weighted by atomic mass is 10.1. The van der Waals surface area contributed by atoms with E-state index >= 15 is 0 Å². The second-order valence-corrected chi connectivity index (χ2v) is 4.56. The predicted octanol–water partition coefficient (Wildman–Crippen LogP) is 2.83. The highest BCUT2D eigenvalue weighted by Gasteiger charge is 2.38. The summed E-state index contributed by atoms with van der Waals surface area (Å²) in [5.74, 6) is -4.40. The highest BCUT2D eigenvalue weighted by Crippen LogP contribution is 2.33. The van der Waals surface area contributed by atoms with Crippen LogP contribution < -0.4 is 4.90 Å². The van der Waals surface area contributed by atoms with Gasteiger partial charge in [-0.15, -0.1) is 0 Å². The largest absolute Gasteiger partial charge is 0.299 e. The zero-order valence-electron chi connectivity index (χ0n) is 10.6. The molecule has 0 N–H and O–H groups in total. The Labute approximate surface area is 117 Å². The van der Waals surface area contributed by atoms with Gasteiger partial charge < -0.3 is 0 Å². The van der Waals surface area contributed by atoms with E-state index in [0.29, 0.717) is 0 Å². The zero-order chi connectivity index (χ0) is 15.1. The quantitative estimate of drug-likeness (QED) is 0.798. The van der Waals surface area contributed by atoms with E-state index in [2.05, 4.69) is 0 Å². The number of para-hydroxylation sites is 1. The minimum absolute atomic E-state index is 0.100. The highest BCUT2D eigenvalue weighted by atomic mass is 19.1. The summed E-state index contributed by atoms with van der Waals surface area (Å²) in [4.78, 5) is 24.4. The van der Waals surface area contributed by atoms with Crippen molar-refractivity contribution in [3.8, 4) is 0 Å². The second kappa shape index (κ2) is 4.73. The molecule has 21 heavy (non-hydrogen) atoms. The molecule has 3 nitrogen and oxygen atoms in total. The van der Waals surface area contributed by atoms with Crippen LogP contribution in [0, 0.1) is 17.5 Å². The van der Waals surface area contributed by atoms with Crippen LogP contribution in [0.25, 0.3) is 0 Å². The lowest BCUT2D eigenvalue weighted by Gasteiger charge is -2.17. The van der Waals surface area contributed by atoms with Crippen LogP contribution in [0.2, 0.25) is 0 Å². The summed E-state index contributed by atoms with van der Waals surface area (Å²) in [5.41, 5.74) is -0.735. The number of Topliss-reactive ketones (excluding diaryl/α,β-unsaturated/α-hetero) is 1. The van der Waals surface area contributed by atoms with E-state index in [-0.39, 0.29) is 11.3 Å². The maximum absolute atomic E-state index is 13.9. The van der Waals surface area contributed by atoms with Crippen LogP contribution in [0.4, 0.5) is 18.9 Å². The molecule has 0 aliphatic carbocycles. The number of halogens is 3. The molecule has 2 aromatic rings. The van der Waals surface area contributed by atoms with Crippen molar-refractivity contribution in [3.63, 3.8) is 0 Å². The molecule has 0 atom stereocenters. The number of fused-ring (bicyclic) bond motifs is 1. The van der Waals surface area contributed by atoms with E-state index in [1.165, 1.54) is 18.2 Å². The molecule has 1 amide bonds. The molecule has 1 heterocycles. The number of carbonyl (C=O) groups excluding carboxylic acids is 2. The number of rotatable bonds is 2.